The maximum atomic E-state index is 9.90. The van der Waals surface area contributed by atoms with Gasteiger partial charge in [0.05, 0.1) is 11.8 Å². The molecule has 0 amide bonds. The normalized spacial score (nSPS) is 21.9. The summed E-state index contributed by atoms with van der Waals surface area (Å²) in [5.41, 5.74) is 10.9. The Morgan fingerprint density at radius 2 is 2.00 bits per heavy atom. The summed E-state index contributed by atoms with van der Waals surface area (Å²) in [5, 5.41) is 9.90. The number of hydrogen-bond donors (Lipinski definition) is 2. The topological polar surface area (TPSA) is 59.1 Å². The number of aliphatic hydroxyl groups excluding tert-OH is 1. The van der Waals surface area contributed by atoms with E-state index in [4.69, 9.17) is 5.73 Å². The van der Waals surface area contributed by atoms with Crippen LogP contribution in [-0.4, -0.2) is 16.1 Å². The highest BCUT2D eigenvalue weighted by molar-refractivity contribution is 5.64. The first-order valence-corrected chi connectivity index (χ1v) is 6.16. The van der Waals surface area contributed by atoms with Crippen molar-refractivity contribution in [2.45, 2.75) is 25.5 Å². The van der Waals surface area contributed by atoms with Gasteiger partial charge in [-0.1, -0.05) is 30.3 Å². The maximum absolute atomic E-state index is 9.90. The zero-order chi connectivity index (χ0) is 12.7. The first-order chi connectivity index (χ1) is 8.66. The molecule has 2 unspecified atom stereocenters. The summed E-state index contributed by atoms with van der Waals surface area (Å²) in [6.07, 6.45) is 0.0781. The molecular weight excluding hydrogens is 224 g/mol. The second-order valence-corrected chi connectivity index (χ2v) is 4.86. The Balaban J connectivity index is 2.07. The van der Waals surface area contributed by atoms with Gasteiger partial charge in [0.1, 0.15) is 0 Å². The molecule has 3 rings (SSSR count). The predicted octanol–water partition coefficient (Wildman–Crippen LogP) is 1.97. The number of aromatic nitrogens is 1. The zero-order valence-corrected chi connectivity index (χ0v) is 10.3. The van der Waals surface area contributed by atoms with E-state index in [9.17, 15) is 5.11 Å². The second-order valence-electron chi connectivity index (χ2n) is 4.86. The van der Waals surface area contributed by atoms with Crippen molar-refractivity contribution in [3.05, 3.63) is 53.2 Å². The van der Waals surface area contributed by atoms with Crippen molar-refractivity contribution < 1.29 is 5.11 Å². The third-order valence-corrected chi connectivity index (χ3v) is 3.58. The number of aliphatic hydroxyl groups is 1. The molecule has 2 aromatic rings. The van der Waals surface area contributed by atoms with Gasteiger partial charge in [0.2, 0.25) is 0 Å². The molecule has 0 aliphatic heterocycles. The van der Waals surface area contributed by atoms with Crippen molar-refractivity contribution in [3.8, 4) is 11.3 Å². The fourth-order valence-electron chi connectivity index (χ4n) is 2.52. The highest BCUT2D eigenvalue weighted by atomic mass is 16.3. The van der Waals surface area contributed by atoms with Crippen LogP contribution in [0.3, 0.4) is 0 Å². The Morgan fingerprint density at radius 1 is 1.22 bits per heavy atom. The molecular formula is C15H16N2O. The van der Waals surface area contributed by atoms with Crippen molar-refractivity contribution >= 4 is 0 Å². The van der Waals surface area contributed by atoms with E-state index >= 15 is 0 Å². The van der Waals surface area contributed by atoms with Crippen LogP contribution in [0.4, 0.5) is 0 Å². The van der Waals surface area contributed by atoms with Gasteiger partial charge in [-0.15, -0.1) is 0 Å². The van der Waals surface area contributed by atoms with Crippen LogP contribution in [-0.2, 0) is 6.42 Å². The largest absolute Gasteiger partial charge is 0.387 e. The minimum atomic E-state index is -0.571. The van der Waals surface area contributed by atoms with Gasteiger partial charge in [-0.05, 0) is 18.6 Å². The highest BCUT2D eigenvalue weighted by Crippen LogP contribution is 2.31. The third-order valence-electron chi connectivity index (χ3n) is 3.58. The first-order valence-electron chi connectivity index (χ1n) is 6.16. The van der Waals surface area contributed by atoms with E-state index < -0.39 is 6.10 Å². The van der Waals surface area contributed by atoms with E-state index in [-0.39, 0.29) is 6.04 Å². The van der Waals surface area contributed by atoms with Crippen molar-refractivity contribution in [2.24, 2.45) is 5.73 Å². The first kappa shape index (κ1) is 11.4. The number of benzene rings is 1. The number of aryl methyl sites for hydroxylation is 1. The van der Waals surface area contributed by atoms with Crippen LogP contribution in [0.1, 0.15) is 22.9 Å². The summed E-state index contributed by atoms with van der Waals surface area (Å²) < 4.78 is 0. The fourth-order valence-corrected chi connectivity index (χ4v) is 2.52. The molecule has 1 aliphatic rings. The molecule has 0 bridgehead atoms. The molecule has 92 valence electrons. The summed E-state index contributed by atoms with van der Waals surface area (Å²) >= 11 is 0. The van der Waals surface area contributed by atoms with Crippen molar-refractivity contribution in [3.63, 3.8) is 0 Å². The van der Waals surface area contributed by atoms with E-state index in [1.807, 2.05) is 24.3 Å². The molecule has 0 saturated heterocycles. The molecule has 1 aromatic heterocycles. The lowest BCUT2D eigenvalue weighted by Crippen LogP contribution is -2.24. The van der Waals surface area contributed by atoms with Crippen LogP contribution in [0, 0.1) is 6.92 Å². The molecule has 0 fully saturated rings. The van der Waals surface area contributed by atoms with E-state index in [2.05, 4.69) is 24.0 Å². The van der Waals surface area contributed by atoms with Crippen molar-refractivity contribution in [2.75, 3.05) is 0 Å². The van der Waals surface area contributed by atoms with E-state index in [1.54, 1.807) is 0 Å². The number of fused-ring (bicyclic) bond motifs is 1. The number of hydrogen-bond acceptors (Lipinski definition) is 3. The zero-order valence-electron chi connectivity index (χ0n) is 10.3. The highest BCUT2D eigenvalue weighted by Gasteiger charge is 2.29. The average Bonchev–Trinajstić information content (AvgIpc) is 2.65. The molecule has 2 atom stereocenters. The smallest absolute Gasteiger partial charge is 0.0962 e. The summed E-state index contributed by atoms with van der Waals surface area (Å²) in [5.74, 6) is 0. The third kappa shape index (κ3) is 1.72. The standard InChI is InChI=1S/C15H16N2O/c1-9-4-2-3-5-10(9)13-7-6-11-14(17-13)8-12(16)15(11)18/h2-7,12,15,18H,8,16H2,1H3. The minimum Gasteiger partial charge on any atom is -0.387 e. The van der Waals surface area contributed by atoms with Gasteiger partial charge < -0.3 is 10.8 Å². The summed E-state index contributed by atoms with van der Waals surface area (Å²) in [6, 6.07) is 11.9. The molecule has 0 spiro atoms. The SMILES string of the molecule is Cc1ccccc1-c1ccc2c(n1)CC(N)C2O. The lowest BCUT2D eigenvalue weighted by molar-refractivity contribution is 0.159. The molecule has 3 nitrogen and oxygen atoms in total. The molecule has 3 heteroatoms. The summed E-state index contributed by atoms with van der Waals surface area (Å²) in [6.45, 7) is 2.07. The van der Waals surface area contributed by atoms with Crippen LogP contribution < -0.4 is 5.73 Å². The van der Waals surface area contributed by atoms with Crippen molar-refractivity contribution in [1.82, 2.24) is 4.98 Å². The van der Waals surface area contributed by atoms with E-state index in [0.717, 1.165) is 22.5 Å². The van der Waals surface area contributed by atoms with Gasteiger partial charge >= 0.3 is 0 Å². The van der Waals surface area contributed by atoms with E-state index in [0.29, 0.717) is 6.42 Å². The van der Waals surface area contributed by atoms with Crippen LogP contribution in [0.2, 0.25) is 0 Å². The van der Waals surface area contributed by atoms with Gasteiger partial charge in [-0.2, -0.15) is 0 Å². The van der Waals surface area contributed by atoms with Crippen LogP contribution in [0.25, 0.3) is 11.3 Å². The monoisotopic (exact) mass is 240 g/mol. The minimum absolute atomic E-state index is 0.223. The fraction of sp³-hybridized carbons (Fsp3) is 0.267. The number of rotatable bonds is 1. The van der Waals surface area contributed by atoms with Gasteiger partial charge in [0, 0.05) is 29.3 Å². The molecule has 18 heavy (non-hydrogen) atoms. The molecule has 0 saturated carbocycles. The van der Waals surface area contributed by atoms with Gasteiger partial charge in [-0.3, -0.25) is 4.98 Å². The van der Waals surface area contributed by atoms with Gasteiger partial charge in [-0.25, -0.2) is 0 Å². The number of pyridine rings is 1. The maximum Gasteiger partial charge on any atom is 0.0962 e. The average molecular weight is 240 g/mol. The Hall–Kier alpha value is -1.71. The van der Waals surface area contributed by atoms with Gasteiger partial charge in [0.25, 0.3) is 0 Å². The Morgan fingerprint density at radius 3 is 2.78 bits per heavy atom. The lowest BCUT2D eigenvalue weighted by atomic mass is 10.0. The van der Waals surface area contributed by atoms with Crippen LogP contribution >= 0.6 is 0 Å². The van der Waals surface area contributed by atoms with Gasteiger partial charge in [0.15, 0.2) is 0 Å². The number of nitrogens with two attached hydrogens (primary N) is 1. The molecule has 1 aromatic carbocycles. The Bertz CT molecular complexity index is 595. The number of nitrogens with zero attached hydrogens (tertiary/aromatic N) is 1. The van der Waals surface area contributed by atoms with Crippen molar-refractivity contribution in [1.29, 1.82) is 0 Å². The summed E-state index contributed by atoms with van der Waals surface area (Å²) in [7, 11) is 0. The Labute approximate surface area is 106 Å². The lowest BCUT2D eigenvalue weighted by Gasteiger charge is -2.09. The van der Waals surface area contributed by atoms with Crippen LogP contribution in [0.15, 0.2) is 36.4 Å². The predicted molar refractivity (Wildman–Crippen MR) is 71.0 cm³/mol. The quantitative estimate of drug-likeness (QED) is 0.801. The van der Waals surface area contributed by atoms with Crippen LogP contribution in [0.5, 0.6) is 0 Å². The van der Waals surface area contributed by atoms with E-state index in [1.165, 1.54) is 5.56 Å². The molecule has 3 N–H and O–H groups in total. The summed E-state index contributed by atoms with van der Waals surface area (Å²) in [4.78, 5) is 4.65. The molecule has 1 aliphatic carbocycles. The second kappa shape index (κ2) is 4.19. The molecule has 0 radical (unpaired) electrons. The molecule has 1 heterocycles. The Kier molecular flexibility index (Phi) is 2.65.